The number of nitrogens with one attached hydrogen (secondary N) is 1. The van der Waals surface area contributed by atoms with E-state index in [1.165, 1.54) is 37.8 Å². The Bertz CT molecular complexity index is 877. The average Bonchev–Trinajstić information content (AvgIpc) is 3.43. The predicted octanol–water partition coefficient (Wildman–Crippen LogP) is 4.32. The summed E-state index contributed by atoms with van der Waals surface area (Å²) in [7, 11) is 0. The molecular formula is C21H24N2O5. The van der Waals surface area contributed by atoms with E-state index in [2.05, 4.69) is 12.2 Å². The van der Waals surface area contributed by atoms with Crippen molar-refractivity contribution in [2.24, 2.45) is 17.8 Å². The number of hydrogen-bond donors (Lipinski definition) is 1. The van der Waals surface area contributed by atoms with Crippen LogP contribution in [0.15, 0.2) is 40.8 Å². The molecule has 28 heavy (non-hydrogen) atoms. The number of nitro benzene ring substituents is 1. The minimum atomic E-state index is -0.473. The maximum atomic E-state index is 12.5. The van der Waals surface area contributed by atoms with Gasteiger partial charge in [-0.05, 0) is 62.1 Å². The van der Waals surface area contributed by atoms with Crippen molar-refractivity contribution < 1.29 is 18.9 Å². The molecule has 2 fully saturated rings. The monoisotopic (exact) mass is 384 g/mol. The Morgan fingerprint density at radius 3 is 2.89 bits per heavy atom. The van der Waals surface area contributed by atoms with Gasteiger partial charge in [0.25, 0.3) is 11.6 Å². The highest BCUT2D eigenvalue weighted by atomic mass is 16.6. The van der Waals surface area contributed by atoms with Crippen molar-refractivity contribution in [2.75, 3.05) is 0 Å². The first-order valence-electron chi connectivity index (χ1n) is 9.76. The molecule has 2 aromatic rings. The van der Waals surface area contributed by atoms with Crippen LogP contribution in [0.3, 0.4) is 0 Å². The first kappa shape index (κ1) is 18.5. The van der Waals surface area contributed by atoms with E-state index < -0.39 is 4.92 Å². The van der Waals surface area contributed by atoms with Gasteiger partial charge in [-0.15, -0.1) is 0 Å². The molecule has 2 saturated carbocycles. The van der Waals surface area contributed by atoms with Crippen molar-refractivity contribution in [3.63, 3.8) is 0 Å². The maximum Gasteiger partial charge on any atom is 0.287 e. The summed E-state index contributed by atoms with van der Waals surface area (Å²) >= 11 is 0. The minimum Gasteiger partial charge on any atom is -0.485 e. The second-order valence-electron chi connectivity index (χ2n) is 7.91. The molecule has 2 aliphatic carbocycles. The first-order chi connectivity index (χ1) is 13.5. The normalized spacial score (nSPS) is 24.1. The number of carbonyl (C=O) groups excluding carboxylic acids is 1. The molecule has 2 bridgehead atoms. The Morgan fingerprint density at radius 1 is 1.32 bits per heavy atom. The molecule has 7 heteroatoms. The molecule has 148 valence electrons. The molecule has 1 amide bonds. The summed E-state index contributed by atoms with van der Waals surface area (Å²) in [5.74, 6) is 3.07. The number of ether oxygens (including phenoxy) is 1. The van der Waals surface area contributed by atoms with E-state index in [9.17, 15) is 14.9 Å². The van der Waals surface area contributed by atoms with Crippen LogP contribution in [0.4, 0.5) is 5.69 Å². The van der Waals surface area contributed by atoms with Crippen molar-refractivity contribution in [1.82, 2.24) is 5.32 Å². The van der Waals surface area contributed by atoms with Gasteiger partial charge in [-0.2, -0.15) is 0 Å². The molecule has 0 spiro atoms. The molecule has 1 N–H and O–H groups in total. The Balaban J connectivity index is 1.31. The molecule has 4 rings (SSSR count). The summed E-state index contributed by atoms with van der Waals surface area (Å²) in [6, 6.07) is 9.42. The number of amides is 1. The lowest BCUT2D eigenvalue weighted by Gasteiger charge is -2.28. The van der Waals surface area contributed by atoms with Gasteiger partial charge in [-0.3, -0.25) is 14.9 Å². The Morgan fingerprint density at radius 2 is 2.18 bits per heavy atom. The van der Waals surface area contributed by atoms with Crippen molar-refractivity contribution in [2.45, 2.75) is 45.3 Å². The summed E-state index contributed by atoms with van der Waals surface area (Å²) in [4.78, 5) is 22.8. The third-order valence-corrected chi connectivity index (χ3v) is 6.09. The van der Waals surface area contributed by atoms with Gasteiger partial charge in [0.2, 0.25) is 0 Å². The standard InChI is InChI=1S/C21H24N2O5/c1-13(19-10-14-5-6-15(19)9-14)22-21(24)20-8-7-18(28-20)12-27-17-4-2-3-16(11-17)23(25)26/h2-4,7-8,11,13-15,19H,5-6,9-10,12H2,1H3,(H,22,24)/t13-,14+,15+,19+/m1/s1. The van der Waals surface area contributed by atoms with Crippen LogP contribution in [-0.2, 0) is 6.61 Å². The minimum absolute atomic E-state index is 0.0355. The Kier molecular flexibility index (Phi) is 5.07. The number of nitro groups is 1. The molecular weight excluding hydrogens is 360 g/mol. The molecule has 2 aliphatic rings. The smallest absolute Gasteiger partial charge is 0.287 e. The summed E-state index contributed by atoms with van der Waals surface area (Å²) in [6.07, 6.45) is 5.15. The number of non-ortho nitro benzene ring substituents is 1. The van der Waals surface area contributed by atoms with E-state index in [4.69, 9.17) is 9.15 Å². The number of benzene rings is 1. The van der Waals surface area contributed by atoms with Crippen molar-refractivity contribution >= 4 is 11.6 Å². The Hall–Kier alpha value is -2.83. The fourth-order valence-electron chi connectivity index (χ4n) is 4.71. The second kappa shape index (κ2) is 7.66. The highest BCUT2D eigenvalue weighted by molar-refractivity contribution is 5.91. The van der Waals surface area contributed by atoms with Crippen LogP contribution in [0.1, 0.15) is 48.9 Å². The lowest BCUT2D eigenvalue weighted by atomic mass is 9.84. The van der Waals surface area contributed by atoms with Crippen LogP contribution in [-0.4, -0.2) is 16.9 Å². The number of furan rings is 1. The van der Waals surface area contributed by atoms with Crippen LogP contribution in [0.5, 0.6) is 5.75 Å². The van der Waals surface area contributed by atoms with Gasteiger partial charge < -0.3 is 14.5 Å². The topological polar surface area (TPSA) is 94.6 Å². The third-order valence-electron chi connectivity index (χ3n) is 6.09. The first-order valence-corrected chi connectivity index (χ1v) is 9.76. The molecule has 0 saturated heterocycles. The van der Waals surface area contributed by atoms with Gasteiger partial charge in [-0.1, -0.05) is 12.5 Å². The molecule has 7 nitrogen and oxygen atoms in total. The highest BCUT2D eigenvalue weighted by Gasteiger charge is 2.42. The molecule has 1 heterocycles. The SMILES string of the molecule is C[C@@H](NC(=O)c1ccc(COc2cccc([N+](=O)[O-])c2)o1)[C@@H]1C[C@H]2CC[C@H]1C2. The summed E-state index contributed by atoms with van der Waals surface area (Å²) in [6.45, 7) is 2.18. The van der Waals surface area contributed by atoms with E-state index in [1.54, 1.807) is 24.3 Å². The predicted molar refractivity (Wildman–Crippen MR) is 102 cm³/mol. The van der Waals surface area contributed by atoms with Gasteiger partial charge in [0.1, 0.15) is 18.1 Å². The zero-order valence-electron chi connectivity index (χ0n) is 15.8. The van der Waals surface area contributed by atoms with Gasteiger partial charge in [0, 0.05) is 12.1 Å². The van der Waals surface area contributed by atoms with Crippen molar-refractivity contribution in [3.8, 4) is 5.75 Å². The van der Waals surface area contributed by atoms with Crippen LogP contribution in [0, 0.1) is 27.9 Å². The fourth-order valence-corrected chi connectivity index (χ4v) is 4.71. The van der Waals surface area contributed by atoms with E-state index in [0.29, 0.717) is 17.4 Å². The summed E-state index contributed by atoms with van der Waals surface area (Å²) < 4.78 is 11.1. The zero-order chi connectivity index (χ0) is 19.7. The van der Waals surface area contributed by atoms with Crippen LogP contribution < -0.4 is 10.1 Å². The van der Waals surface area contributed by atoms with E-state index >= 15 is 0 Å². The lowest BCUT2D eigenvalue weighted by Crippen LogP contribution is -2.40. The number of fused-ring (bicyclic) bond motifs is 2. The van der Waals surface area contributed by atoms with Crippen molar-refractivity contribution in [3.05, 3.63) is 58.0 Å². The van der Waals surface area contributed by atoms with E-state index in [1.807, 2.05) is 0 Å². The lowest BCUT2D eigenvalue weighted by molar-refractivity contribution is -0.384. The van der Waals surface area contributed by atoms with Crippen LogP contribution in [0.25, 0.3) is 0 Å². The average molecular weight is 384 g/mol. The summed E-state index contributed by atoms with van der Waals surface area (Å²) in [5, 5.41) is 13.9. The maximum absolute atomic E-state index is 12.5. The van der Waals surface area contributed by atoms with E-state index in [0.717, 1.165) is 11.8 Å². The van der Waals surface area contributed by atoms with Crippen molar-refractivity contribution in [1.29, 1.82) is 0 Å². The number of nitrogens with zero attached hydrogens (tertiary/aromatic N) is 1. The molecule has 0 unspecified atom stereocenters. The number of carbonyl (C=O) groups is 1. The van der Waals surface area contributed by atoms with Gasteiger partial charge in [0.15, 0.2) is 5.76 Å². The molecule has 1 aromatic heterocycles. The Labute approximate surface area is 163 Å². The highest BCUT2D eigenvalue weighted by Crippen LogP contribution is 2.49. The molecule has 0 aliphatic heterocycles. The number of rotatable bonds is 7. The zero-order valence-corrected chi connectivity index (χ0v) is 15.8. The van der Waals surface area contributed by atoms with Crippen LogP contribution in [0.2, 0.25) is 0 Å². The quantitative estimate of drug-likeness (QED) is 0.567. The third kappa shape index (κ3) is 3.88. The van der Waals surface area contributed by atoms with E-state index in [-0.39, 0.29) is 30.0 Å². The van der Waals surface area contributed by atoms with Gasteiger partial charge >= 0.3 is 0 Å². The van der Waals surface area contributed by atoms with Gasteiger partial charge in [0.05, 0.1) is 11.0 Å². The number of hydrogen-bond acceptors (Lipinski definition) is 5. The fraction of sp³-hybridized carbons (Fsp3) is 0.476. The molecule has 0 radical (unpaired) electrons. The van der Waals surface area contributed by atoms with Crippen LogP contribution >= 0.6 is 0 Å². The van der Waals surface area contributed by atoms with Gasteiger partial charge in [-0.25, -0.2) is 0 Å². The molecule has 1 aromatic carbocycles. The second-order valence-corrected chi connectivity index (χ2v) is 7.91. The molecule has 4 atom stereocenters. The summed E-state index contributed by atoms with van der Waals surface area (Å²) in [5.41, 5.74) is -0.0355. The largest absolute Gasteiger partial charge is 0.485 e.